The first-order valence-corrected chi connectivity index (χ1v) is 6.49. The summed E-state index contributed by atoms with van der Waals surface area (Å²) in [5, 5.41) is 6.33. The van der Waals surface area contributed by atoms with Gasteiger partial charge in [-0.3, -0.25) is 4.79 Å². The summed E-state index contributed by atoms with van der Waals surface area (Å²) in [7, 11) is 0. The highest BCUT2D eigenvalue weighted by atomic mass is 16.2. The maximum Gasteiger partial charge on any atom is 0.234 e. The van der Waals surface area contributed by atoms with Crippen LogP contribution in [-0.4, -0.2) is 24.0 Å². The molecule has 3 heteroatoms. The Kier molecular flexibility index (Phi) is 7.39. The summed E-state index contributed by atoms with van der Waals surface area (Å²) in [5.74, 6) is 0.0985. The van der Waals surface area contributed by atoms with E-state index in [0.29, 0.717) is 12.6 Å². The maximum absolute atomic E-state index is 11.7. The van der Waals surface area contributed by atoms with Gasteiger partial charge in [-0.25, -0.2) is 0 Å². The normalized spacial score (nSPS) is 13.6. The third-order valence-electron chi connectivity index (χ3n) is 3.04. The molecule has 0 spiro atoms. The molecule has 96 valence electrons. The molecule has 0 aliphatic heterocycles. The zero-order valence-corrected chi connectivity index (χ0v) is 11.5. The number of nitrogens with one attached hydrogen (secondary N) is 2. The van der Waals surface area contributed by atoms with Gasteiger partial charge >= 0.3 is 0 Å². The summed E-state index contributed by atoms with van der Waals surface area (Å²) in [4.78, 5) is 11.7. The SMILES string of the molecule is CCCC(CC)NCC(=O)NC(C)(C)CC. The van der Waals surface area contributed by atoms with E-state index in [1.54, 1.807) is 0 Å². The van der Waals surface area contributed by atoms with E-state index in [1.165, 1.54) is 0 Å². The van der Waals surface area contributed by atoms with Crippen LogP contribution in [0.4, 0.5) is 0 Å². The Morgan fingerprint density at radius 2 is 1.88 bits per heavy atom. The topological polar surface area (TPSA) is 41.1 Å². The molecule has 1 atom stereocenters. The van der Waals surface area contributed by atoms with Crippen molar-refractivity contribution in [2.45, 2.75) is 71.9 Å². The number of carbonyl (C=O) groups is 1. The number of rotatable bonds is 8. The fourth-order valence-corrected chi connectivity index (χ4v) is 1.55. The van der Waals surface area contributed by atoms with Crippen molar-refractivity contribution in [2.24, 2.45) is 0 Å². The van der Waals surface area contributed by atoms with Crippen LogP contribution in [0.5, 0.6) is 0 Å². The van der Waals surface area contributed by atoms with Crippen LogP contribution in [0, 0.1) is 0 Å². The molecule has 0 bridgehead atoms. The summed E-state index contributed by atoms with van der Waals surface area (Å²) in [5.41, 5.74) is -0.0920. The Bertz CT molecular complexity index is 202. The highest BCUT2D eigenvalue weighted by Gasteiger charge is 2.17. The van der Waals surface area contributed by atoms with E-state index in [0.717, 1.165) is 25.7 Å². The molecule has 2 N–H and O–H groups in total. The lowest BCUT2D eigenvalue weighted by molar-refractivity contribution is -0.122. The minimum Gasteiger partial charge on any atom is -0.350 e. The van der Waals surface area contributed by atoms with Gasteiger partial charge in [0.2, 0.25) is 5.91 Å². The fraction of sp³-hybridized carbons (Fsp3) is 0.923. The first-order valence-electron chi connectivity index (χ1n) is 6.49. The minimum absolute atomic E-state index is 0.0920. The number of carbonyl (C=O) groups excluding carboxylic acids is 1. The van der Waals surface area contributed by atoms with Gasteiger partial charge < -0.3 is 10.6 Å². The van der Waals surface area contributed by atoms with Crippen molar-refractivity contribution in [1.29, 1.82) is 0 Å². The zero-order chi connectivity index (χ0) is 12.6. The molecule has 0 aliphatic carbocycles. The van der Waals surface area contributed by atoms with E-state index in [4.69, 9.17) is 0 Å². The molecule has 0 fully saturated rings. The molecule has 16 heavy (non-hydrogen) atoms. The Labute approximate surface area is 100 Å². The Balaban J connectivity index is 3.88. The zero-order valence-electron chi connectivity index (χ0n) is 11.5. The molecule has 0 aromatic carbocycles. The molecule has 1 amide bonds. The summed E-state index contributed by atoms with van der Waals surface area (Å²) in [6.45, 7) is 10.9. The van der Waals surface area contributed by atoms with E-state index in [2.05, 4.69) is 31.4 Å². The third kappa shape index (κ3) is 6.83. The number of hydrogen-bond donors (Lipinski definition) is 2. The smallest absolute Gasteiger partial charge is 0.234 e. The molecular weight excluding hydrogens is 200 g/mol. The van der Waals surface area contributed by atoms with Crippen LogP contribution in [-0.2, 0) is 4.79 Å². The molecule has 0 saturated heterocycles. The quantitative estimate of drug-likeness (QED) is 0.670. The van der Waals surface area contributed by atoms with Gasteiger partial charge in [-0.2, -0.15) is 0 Å². The van der Waals surface area contributed by atoms with Gasteiger partial charge in [0.05, 0.1) is 6.54 Å². The minimum atomic E-state index is -0.0920. The van der Waals surface area contributed by atoms with Crippen LogP contribution < -0.4 is 10.6 Å². The largest absolute Gasteiger partial charge is 0.350 e. The standard InChI is InChI=1S/C13H28N2O/c1-6-9-11(7-2)14-10-12(16)15-13(4,5)8-3/h11,14H,6-10H2,1-5H3,(H,15,16). The van der Waals surface area contributed by atoms with Gasteiger partial charge in [0.25, 0.3) is 0 Å². The first-order chi connectivity index (χ1) is 7.45. The van der Waals surface area contributed by atoms with Crippen LogP contribution in [0.1, 0.15) is 60.3 Å². The predicted octanol–water partition coefficient (Wildman–Crippen LogP) is 2.46. The van der Waals surface area contributed by atoms with Crippen molar-refractivity contribution in [3.8, 4) is 0 Å². The molecule has 0 saturated carbocycles. The van der Waals surface area contributed by atoms with Gasteiger partial charge in [-0.05, 0) is 33.1 Å². The summed E-state index contributed by atoms with van der Waals surface area (Å²) in [6, 6.07) is 0.473. The number of hydrogen-bond acceptors (Lipinski definition) is 2. The van der Waals surface area contributed by atoms with Crippen molar-refractivity contribution in [1.82, 2.24) is 10.6 Å². The Hall–Kier alpha value is -0.570. The molecule has 0 heterocycles. The molecule has 0 aromatic rings. The van der Waals surface area contributed by atoms with Crippen molar-refractivity contribution in [2.75, 3.05) is 6.54 Å². The van der Waals surface area contributed by atoms with Gasteiger partial charge in [0.1, 0.15) is 0 Å². The molecule has 0 rings (SSSR count). The van der Waals surface area contributed by atoms with Gasteiger partial charge in [0.15, 0.2) is 0 Å². The lowest BCUT2D eigenvalue weighted by Gasteiger charge is -2.25. The van der Waals surface area contributed by atoms with E-state index in [1.807, 2.05) is 13.8 Å². The van der Waals surface area contributed by atoms with E-state index in [9.17, 15) is 4.79 Å². The van der Waals surface area contributed by atoms with Crippen molar-refractivity contribution in [3.05, 3.63) is 0 Å². The van der Waals surface area contributed by atoms with Crippen LogP contribution >= 0.6 is 0 Å². The second-order valence-corrected chi connectivity index (χ2v) is 5.06. The Morgan fingerprint density at radius 1 is 1.25 bits per heavy atom. The molecule has 0 aliphatic rings. The average molecular weight is 228 g/mol. The summed E-state index contributed by atoms with van der Waals surface area (Å²) < 4.78 is 0. The summed E-state index contributed by atoms with van der Waals surface area (Å²) in [6.07, 6.45) is 4.33. The highest BCUT2D eigenvalue weighted by Crippen LogP contribution is 2.06. The van der Waals surface area contributed by atoms with Crippen LogP contribution in [0.15, 0.2) is 0 Å². The van der Waals surface area contributed by atoms with Gasteiger partial charge in [-0.1, -0.05) is 27.2 Å². The number of amides is 1. The monoisotopic (exact) mass is 228 g/mol. The van der Waals surface area contributed by atoms with Crippen molar-refractivity contribution >= 4 is 5.91 Å². The lowest BCUT2D eigenvalue weighted by atomic mass is 10.0. The van der Waals surface area contributed by atoms with Crippen molar-refractivity contribution < 1.29 is 4.79 Å². The van der Waals surface area contributed by atoms with E-state index >= 15 is 0 Å². The predicted molar refractivity (Wildman–Crippen MR) is 69.5 cm³/mol. The first kappa shape index (κ1) is 15.4. The van der Waals surface area contributed by atoms with Gasteiger partial charge in [0, 0.05) is 11.6 Å². The fourth-order valence-electron chi connectivity index (χ4n) is 1.55. The highest BCUT2D eigenvalue weighted by molar-refractivity contribution is 5.78. The molecule has 3 nitrogen and oxygen atoms in total. The van der Waals surface area contributed by atoms with Crippen LogP contribution in [0.25, 0.3) is 0 Å². The molecule has 0 radical (unpaired) electrons. The molecule has 1 unspecified atom stereocenters. The molecule has 0 aromatic heterocycles. The van der Waals surface area contributed by atoms with Gasteiger partial charge in [-0.15, -0.1) is 0 Å². The maximum atomic E-state index is 11.7. The molecular formula is C13H28N2O. The van der Waals surface area contributed by atoms with E-state index in [-0.39, 0.29) is 11.4 Å². The average Bonchev–Trinajstić information content (AvgIpc) is 2.23. The van der Waals surface area contributed by atoms with E-state index < -0.39 is 0 Å². The van der Waals surface area contributed by atoms with Crippen molar-refractivity contribution in [3.63, 3.8) is 0 Å². The lowest BCUT2D eigenvalue weighted by Crippen LogP contribution is -2.47. The summed E-state index contributed by atoms with van der Waals surface area (Å²) >= 11 is 0. The second-order valence-electron chi connectivity index (χ2n) is 5.06. The Morgan fingerprint density at radius 3 is 2.31 bits per heavy atom. The van der Waals surface area contributed by atoms with Crippen LogP contribution in [0.3, 0.4) is 0 Å². The third-order valence-corrected chi connectivity index (χ3v) is 3.04. The van der Waals surface area contributed by atoms with Crippen LogP contribution in [0.2, 0.25) is 0 Å². The second kappa shape index (κ2) is 7.66.